The highest BCUT2D eigenvalue weighted by Gasteiger charge is 2.26. The van der Waals surface area contributed by atoms with Gasteiger partial charge in [0, 0.05) is 11.4 Å². The lowest BCUT2D eigenvalue weighted by Gasteiger charge is -2.25. The molecule has 1 aromatic carbocycles. The van der Waals surface area contributed by atoms with Crippen molar-refractivity contribution in [2.24, 2.45) is 0 Å². The molecule has 2 rings (SSSR count). The Hall–Kier alpha value is -1.23. The van der Waals surface area contributed by atoms with Crippen LogP contribution < -0.4 is 14.8 Å². The van der Waals surface area contributed by atoms with Gasteiger partial charge in [-0.25, -0.2) is 0 Å². The lowest BCUT2D eigenvalue weighted by atomic mass is 10.2. The normalized spacial score (nSPS) is 18.7. The molecule has 1 amide bonds. The fourth-order valence-electron chi connectivity index (χ4n) is 1.86. The maximum absolute atomic E-state index is 11.9. The highest BCUT2D eigenvalue weighted by molar-refractivity contribution is 9.09. The van der Waals surface area contributed by atoms with Crippen LogP contribution >= 0.6 is 15.9 Å². The minimum absolute atomic E-state index is 0.114. The summed E-state index contributed by atoms with van der Waals surface area (Å²) in [4.78, 5) is 12.4. The summed E-state index contributed by atoms with van der Waals surface area (Å²) in [6.07, 6.45) is 1.42. The van der Waals surface area contributed by atoms with E-state index >= 15 is 0 Å². The minimum atomic E-state index is -0.559. The molecule has 1 N–H and O–H groups in total. The summed E-state index contributed by atoms with van der Waals surface area (Å²) in [6.45, 7) is 3.02. The Kier molecular flexibility index (Phi) is 5.07. The lowest BCUT2D eigenvalue weighted by molar-refractivity contribution is -0.130. The van der Waals surface area contributed by atoms with Crippen LogP contribution in [0.1, 0.15) is 19.8 Å². The zero-order valence-electron chi connectivity index (χ0n) is 10.9. The van der Waals surface area contributed by atoms with Crippen LogP contribution in [0.2, 0.25) is 0 Å². The van der Waals surface area contributed by atoms with Crippen LogP contribution in [0.3, 0.4) is 0 Å². The van der Waals surface area contributed by atoms with Gasteiger partial charge in [-0.3, -0.25) is 4.79 Å². The van der Waals surface area contributed by atoms with Gasteiger partial charge in [0.05, 0.1) is 0 Å². The molecule has 1 aliphatic heterocycles. The van der Waals surface area contributed by atoms with Gasteiger partial charge in [-0.1, -0.05) is 35.0 Å². The van der Waals surface area contributed by atoms with Gasteiger partial charge >= 0.3 is 0 Å². The van der Waals surface area contributed by atoms with E-state index < -0.39 is 6.10 Å². The topological polar surface area (TPSA) is 47.6 Å². The number of halogens is 1. The smallest absolute Gasteiger partial charge is 0.264 e. The monoisotopic (exact) mass is 327 g/mol. The van der Waals surface area contributed by atoms with Gasteiger partial charge < -0.3 is 14.8 Å². The second kappa shape index (κ2) is 6.80. The number of ether oxygens (including phenoxy) is 2. The third-order valence-electron chi connectivity index (χ3n) is 2.88. The van der Waals surface area contributed by atoms with Crippen LogP contribution in [-0.2, 0) is 4.79 Å². The molecule has 0 spiro atoms. The standard InChI is InChI=1S/C14H18BrNO3/c1-10(15)5-4-8-16-14(17)13-9-18-11-6-2-3-7-12(11)19-13/h2-3,6-7,10,13H,4-5,8-9H2,1H3,(H,16,17). The molecule has 0 fully saturated rings. The number of hydrogen-bond acceptors (Lipinski definition) is 3. The third-order valence-corrected chi connectivity index (χ3v) is 3.34. The van der Waals surface area contributed by atoms with Crippen molar-refractivity contribution < 1.29 is 14.3 Å². The van der Waals surface area contributed by atoms with E-state index in [1.807, 2.05) is 18.2 Å². The lowest BCUT2D eigenvalue weighted by Crippen LogP contribution is -2.44. The highest BCUT2D eigenvalue weighted by atomic mass is 79.9. The molecule has 5 heteroatoms. The fourth-order valence-corrected chi connectivity index (χ4v) is 2.18. The van der Waals surface area contributed by atoms with Gasteiger partial charge in [-0.2, -0.15) is 0 Å². The number of carbonyl (C=O) groups is 1. The van der Waals surface area contributed by atoms with Gasteiger partial charge in [0.1, 0.15) is 6.61 Å². The first-order chi connectivity index (χ1) is 9.16. The molecule has 2 atom stereocenters. The zero-order chi connectivity index (χ0) is 13.7. The zero-order valence-corrected chi connectivity index (χ0v) is 12.5. The van der Waals surface area contributed by atoms with E-state index in [-0.39, 0.29) is 12.5 Å². The first kappa shape index (κ1) is 14.2. The van der Waals surface area contributed by atoms with Crippen molar-refractivity contribution in [3.63, 3.8) is 0 Å². The number of benzene rings is 1. The molecule has 0 radical (unpaired) electrons. The summed E-state index contributed by atoms with van der Waals surface area (Å²) in [5, 5.41) is 2.87. The van der Waals surface area contributed by atoms with Crippen LogP contribution in [0.4, 0.5) is 0 Å². The fraction of sp³-hybridized carbons (Fsp3) is 0.500. The van der Waals surface area contributed by atoms with E-state index in [0.29, 0.717) is 22.9 Å². The van der Waals surface area contributed by atoms with E-state index in [0.717, 1.165) is 12.8 Å². The first-order valence-electron chi connectivity index (χ1n) is 6.47. The van der Waals surface area contributed by atoms with Crippen LogP contribution in [0.5, 0.6) is 11.5 Å². The largest absolute Gasteiger partial charge is 0.485 e. The number of amides is 1. The number of hydrogen-bond donors (Lipinski definition) is 1. The van der Waals surface area contributed by atoms with Crippen LogP contribution in [0.15, 0.2) is 24.3 Å². The molecule has 0 saturated carbocycles. The second-order valence-corrected chi connectivity index (χ2v) is 6.14. The van der Waals surface area contributed by atoms with Crippen molar-refractivity contribution in [2.75, 3.05) is 13.2 Å². The van der Waals surface area contributed by atoms with Crippen LogP contribution in [0.25, 0.3) is 0 Å². The summed E-state index contributed by atoms with van der Waals surface area (Å²) in [6, 6.07) is 7.38. The molecule has 0 aliphatic carbocycles. The third kappa shape index (κ3) is 4.13. The van der Waals surface area contributed by atoms with Gasteiger partial charge in [0.25, 0.3) is 5.91 Å². The number of para-hydroxylation sites is 2. The number of alkyl halides is 1. The summed E-state index contributed by atoms with van der Waals surface area (Å²) in [5.41, 5.74) is 0. The summed E-state index contributed by atoms with van der Waals surface area (Å²) >= 11 is 3.48. The maximum atomic E-state index is 11.9. The van der Waals surface area contributed by atoms with Crippen molar-refractivity contribution in [1.82, 2.24) is 5.32 Å². The molecule has 0 saturated heterocycles. The van der Waals surface area contributed by atoms with E-state index in [1.165, 1.54) is 0 Å². The molecule has 0 aromatic heterocycles. The quantitative estimate of drug-likeness (QED) is 0.667. The number of carbonyl (C=O) groups excluding carboxylic acids is 1. The molecule has 19 heavy (non-hydrogen) atoms. The van der Waals surface area contributed by atoms with Crippen molar-refractivity contribution in [1.29, 1.82) is 0 Å². The van der Waals surface area contributed by atoms with Crippen molar-refractivity contribution in [3.05, 3.63) is 24.3 Å². The summed E-state index contributed by atoms with van der Waals surface area (Å²) in [5.74, 6) is 1.21. The molecule has 0 bridgehead atoms. The van der Waals surface area contributed by atoms with E-state index in [9.17, 15) is 4.79 Å². The average Bonchev–Trinajstić information content (AvgIpc) is 2.42. The molecule has 1 aliphatic rings. The van der Waals surface area contributed by atoms with Crippen LogP contribution in [0, 0.1) is 0 Å². The average molecular weight is 328 g/mol. The minimum Gasteiger partial charge on any atom is -0.485 e. The predicted molar refractivity (Wildman–Crippen MR) is 77.0 cm³/mol. The highest BCUT2D eigenvalue weighted by Crippen LogP contribution is 2.30. The predicted octanol–water partition coefficient (Wildman–Crippen LogP) is 2.51. The van der Waals surface area contributed by atoms with E-state index in [4.69, 9.17) is 9.47 Å². The van der Waals surface area contributed by atoms with Gasteiger partial charge in [-0.05, 0) is 25.0 Å². The van der Waals surface area contributed by atoms with Gasteiger partial charge in [-0.15, -0.1) is 0 Å². The Bertz CT molecular complexity index is 436. The second-order valence-electron chi connectivity index (χ2n) is 4.58. The molecule has 1 aromatic rings. The van der Waals surface area contributed by atoms with Crippen molar-refractivity contribution in [3.8, 4) is 11.5 Å². The molecule has 4 nitrogen and oxygen atoms in total. The molecular formula is C14H18BrNO3. The number of rotatable bonds is 5. The van der Waals surface area contributed by atoms with Crippen molar-refractivity contribution >= 4 is 21.8 Å². The summed E-state index contributed by atoms with van der Waals surface area (Å²) < 4.78 is 11.1. The van der Waals surface area contributed by atoms with Gasteiger partial charge in [0.2, 0.25) is 6.10 Å². The SMILES string of the molecule is CC(Br)CCCNC(=O)C1COc2ccccc2O1. The molecular weight excluding hydrogens is 310 g/mol. The Balaban J connectivity index is 1.79. The number of nitrogens with one attached hydrogen (secondary N) is 1. The van der Waals surface area contributed by atoms with E-state index in [1.54, 1.807) is 6.07 Å². The Morgan fingerprint density at radius 2 is 2.21 bits per heavy atom. The first-order valence-corrected chi connectivity index (χ1v) is 7.38. The summed E-state index contributed by atoms with van der Waals surface area (Å²) in [7, 11) is 0. The van der Waals surface area contributed by atoms with Crippen molar-refractivity contribution in [2.45, 2.75) is 30.7 Å². The Labute approximate surface area is 121 Å². The van der Waals surface area contributed by atoms with Gasteiger partial charge in [0.15, 0.2) is 11.5 Å². The molecule has 104 valence electrons. The van der Waals surface area contributed by atoms with E-state index in [2.05, 4.69) is 28.2 Å². The Morgan fingerprint density at radius 1 is 1.47 bits per heavy atom. The van der Waals surface area contributed by atoms with Crippen LogP contribution in [-0.4, -0.2) is 30.0 Å². The maximum Gasteiger partial charge on any atom is 0.264 e. The number of fused-ring (bicyclic) bond motifs is 1. The molecule has 1 heterocycles. The Morgan fingerprint density at radius 3 is 2.95 bits per heavy atom. The molecule has 2 unspecified atom stereocenters.